The van der Waals surface area contributed by atoms with Crippen molar-refractivity contribution >= 4 is 27.0 Å². The highest BCUT2D eigenvalue weighted by molar-refractivity contribution is 7.92. The molecule has 3 atom stereocenters. The van der Waals surface area contributed by atoms with Crippen LogP contribution in [0, 0.1) is 0 Å². The lowest BCUT2D eigenvalue weighted by molar-refractivity contribution is 0.0283. The Labute approximate surface area is 229 Å². The largest absolute Gasteiger partial charge is 0.444 e. The lowest BCUT2D eigenvalue weighted by Crippen LogP contribution is -2.40. The Morgan fingerprint density at radius 1 is 0.974 bits per heavy atom. The van der Waals surface area contributed by atoms with Gasteiger partial charge in [-0.05, 0) is 55.9 Å². The van der Waals surface area contributed by atoms with E-state index in [0.717, 1.165) is 31.2 Å². The van der Waals surface area contributed by atoms with E-state index in [1.165, 1.54) is 0 Å². The van der Waals surface area contributed by atoms with Crippen LogP contribution in [-0.4, -0.2) is 61.4 Å². The standard InChI is InChI=1S/C29H35N3O6S/c33-29(38-24-14-17-36-20-24)32-22(18-21-6-2-1-3-7-21)10-13-28(37-23-8-4-5-9-23)39(34,35)25-11-12-26-27(19-25)31-16-15-30-26/h1-3,6-7,11-12,15-16,19,22-24,28H,4-5,8-10,13-14,17-18,20H2,(H,32,33)/t22-,24+,28?/m1/s1. The van der Waals surface area contributed by atoms with Crippen LogP contribution in [0.1, 0.15) is 50.5 Å². The van der Waals surface area contributed by atoms with Gasteiger partial charge < -0.3 is 19.5 Å². The predicted octanol–water partition coefficient (Wildman–Crippen LogP) is 4.60. The van der Waals surface area contributed by atoms with E-state index >= 15 is 0 Å². The number of ether oxygens (including phenoxy) is 3. The van der Waals surface area contributed by atoms with Crippen molar-refractivity contribution in [3.05, 3.63) is 66.5 Å². The summed E-state index contributed by atoms with van der Waals surface area (Å²) in [6.07, 6.45) is 7.81. The molecule has 10 heteroatoms. The van der Waals surface area contributed by atoms with Crippen LogP contribution < -0.4 is 5.32 Å². The molecular formula is C29H35N3O6S. The van der Waals surface area contributed by atoms with Gasteiger partial charge in [0.15, 0.2) is 5.44 Å². The molecule has 1 aliphatic carbocycles. The minimum absolute atomic E-state index is 0.0992. The van der Waals surface area contributed by atoms with Crippen LogP contribution in [0.5, 0.6) is 0 Å². The quantitative estimate of drug-likeness (QED) is 0.366. The first kappa shape index (κ1) is 27.5. The molecule has 9 nitrogen and oxygen atoms in total. The number of fused-ring (bicyclic) bond motifs is 1. The van der Waals surface area contributed by atoms with Gasteiger partial charge in [0.2, 0.25) is 9.84 Å². The molecule has 1 N–H and O–H groups in total. The average molecular weight is 554 g/mol. The molecule has 208 valence electrons. The Morgan fingerprint density at radius 2 is 1.74 bits per heavy atom. The highest BCUT2D eigenvalue weighted by atomic mass is 32.2. The normalized spacial score (nSPS) is 19.6. The fourth-order valence-electron chi connectivity index (χ4n) is 5.23. The molecule has 2 aliphatic rings. The molecule has 2 heterocycles. The van der Waals surface area contributed by atoms with E-state index in [0.29, 0.717) is 43.5 Å². The van der Waals surface area contributed by atoms with E-state index in [2.05, 4.69) is 15.3 Å². The number of alkyl carbamates (subject to hydrolysis) is 1. The zero-order valence-corrected chi connectivity index (χ0v) is 22.7. The summed E-state index contributed by atoms with van der Waals surface area (Å²) in [7, 11) is -3.85. The van der Waals surface area contributed by atoms with Crippen LogP contribution in [0.15, 0.2) is 65.8 Å². The molecule has 1 amide bonds. The highest BCUT2D eigenvalue weighted by Gasteiger charge is 2.33. The van der Waals surface area contributed by atoms with Gasteiger partial charge in [0.05, 0.1) is 35.2 Å². The number of hydrogen-bond acceptors (Lipinski definition) is 8. The summed E-state index contributed by atoms with van der Waals surface area (Å²) in [6, 6.07) is 14.3. The molecule has 1 unspecified atom stereocenters. The first-order chi connectivity index (χ1) is 19.0. The topological polar surface area (TPSA) is 117 Å². The summed E-state index contributed by atoms with van der Waals surface area (Å²) < 4.78 is 44.9. The summed E-state index contributed by atoms with van der Waals surface area (Å²) in [6.45, 7) is 0.965. The zero-order chi connectivity index (χ0) is 27.1. The predicted molar refractivity (Wildman–Crippen MR) is 146 cm³/mol. The number of benzene rings is 2. The fraction of sp³-hybridized carbons (Fsp3) is 0.483. The first-order valence-electron chi connectivity index (χ1n) is 13.7. The molecular weight excluding hydrogens is 518 g/mol. The molecule has 2 fully saturated rings. The van der Waals surface area contributed by atoms with Crippen molar-refractivity contribution in [2.24, 2.45) is 0 Å². The summed E-state index contributed by atoms with van der Waals surface area (Å²) in [5, 5.41) is 2.97. The Balaban J connectivity index is 1.34. The Bertz CT molecular complexity index is 1340. The number of rotatable bonds is 11. The highest BCUT2D eigenvalue weighted by Crippen LogP contribution is 2.29. The van der Waals surface area contributed by atoms with Crippen LogP contribution in [0.2, 0.25) is 0 Å². The van der Waals surface area contributed by atoms with Gasteiger partial charge in [-0.2, -0.15) is 0 Å². The van der Waals surface area contributed by atoms with E-state index in [-0.39, 0.29) is 29.6 Å². The maximum atomic E-state index is 13.9. The molecule has 1 saturated heterocycles. The second kappa shape index (κ2) is 12.8. The third-order valence-electron chi connectivity index (χ3n) is 7.32. The molecule has 39 heavy (non-hydrogen) atoms. The lowest BCUT2D eigenvalue weighted by Gasteiger charge is -2.25. The molecule has 2 aromatic carbocycles. The van der Waals surface area contributed by atoms with Gasteiger partial charge >= 0.3 is 6.09 Å². The summed E-state index contributed by atoms with van der Waals surface area (Å²) in [5.41, 5.74) is 1.13. The monoisotopic (exact) mass is 553 g/mol. The Hall–Kier alpha value is -3.08. The second-order valence-electron chi connectivity index (χ2n) is 10.2. The lowest BCUT2D eigenvalue weighted by atomic mass is 10.0. The second-order valence-corrected chi connectivity index (χ2v) is 12.3. The van der Waals surface area contributed by atoms with Crippen LogP contribution >= 0.6 is 0 Å². The number of nitrogens with one attached hydrogen (secondary N) is 1. The van der Waals surface area contributed by atoms with E-state index in [9.17, 15) is 13.2 Å². The van der Waals surface area contributed by atoms with Crippen LogP contribution in [0.25, 0.3) is 11.0 Å². The van der Waals surface area contributed by atoms with Crippen molar-refractivity contribution in [3.63, 3.8) is 0 Å². The molecule has 0 radical (unpaired) electrons. The van der Waals surface area contributed by atoms with E-state index in [4.69, 9.17) is 14.2 Å². The van der Waals surface area contributed by atoms with Gasteiger partial charge in [0.25, 0.3) is 0 Å². The van der Waals surface area contributed by atoms with Crippen molar-refractivity contribution in [1.82, 2.24) is 15.3 Å². The molecule has 1 saturated carbocycles. The van der Waals surface area contributed by atoms with Crippen LogP contribution in [0.3, 0.4) is 0 Å². The number of carbonyl (C=O) groups excluding carboxylic acids is 1. The van der Waals surface area contributed by atoms with Crippen LogP contribution in [-0.2, 0) is 30.5 Å². The van der Waals surface area contributed by atoms with Crippen molar-refractivity contribution in [2.45, 2.75) is 79.9 Å². The van der Waals surface area contributed by atoms with E-state index in [1.54, 1.807) is 30.6 Å². The third-order valence-corrected chi connectivity index (χ3v) is 9.27. The van der Waals surface area contributed by atoms with E-state index < -0.39 is 21.4 Å². The number of carbonyl (C=O) groups is 1. The number of aromatic nitrogens is 2. The molecule has 0 spiro atoms. The minimum Gasteiger partial charge on any atom is -0.444 e. The van der Waals surface area contributed by atoms with Gasteiger partial charge in [-0.1, -0.05) is 43.2 Å². The van der Waals surface area contributed by atoms with Crippen molar-refractivity contribution < 1.29 is 27.4 Å². The zero-order valence-electron chi connectivity index (χ0n) is 21.9. The summed E-state index contributed by atoms with van der Waals surface area (Å²) >= 11 is 0. The summed E-state index contributed by atoms with van der Waals surface area (Å²) in [4.78, 5) is 21.4. The fourth-order valence-corrected chi connectivity index (χ4v) is 6.81. The molecule has 3 aromatic rings. The number of nitrogens with zero attached hydrogens (tertiary/aromatic N) is 2. The molecule has 1 aromatic heterocycles. The Kier molecular flexibility index (Phi) is 9.06. The van der Waals surface area contributed by atoms with Gasteiger partial charge in [-0.15, -0.1) is 0 Å². The van der Waals surface area contributed by atoms with Gasteiger partial charge in [-0.25, -0.2) is 13.2 Å². The first-order valence-corrected chi connectivity index (χ1v) is 15.2. The van der Waals surface area contributed by atoms with Gasteiger partial charge in [0.1, 0.15) is 6.10 Å². The Morgan fingerprint density at radius 3 is 2.49 bits per heavy atom. The maximum absolute atomic E-state index is 13.9. The number of amides is 1. The number of hydrogen-bond donors (Lipinski definition) is 1. The summed E-state index contributed by atoms with van der Waals surface area (Å²) in [5.74, 6) is 0. The number of sulfone groups is 1. The van der Waals surface area contributed by atoms with Crippen molar-refractivity contribution in [2.75, 3.05) is 13.2 Å². The smallest absolute Gasteiger partial charge is 0.407 e. The van der Waals surface area contributed by atoms with Gasteiger partial charge in [-0.3, -0.25) is 9.97 Å². The van der Waals surface area contributed by atoms with Crippen molar-refractivity contribution in [3.8, 4) is 0 Å². The van der Waals surface area contributed by atoms with Crippen LogP contribution in [0.4, 0.5) is 4.79 Å². The third kappa shape index (κ3) is 7.32. The molecule has 0 bridgehead atoms. The minimum atomic E-state index is -3.85. The van der Waals surface area contributed by atoms with Crippen molar-refractivity contribution in [1.29, 1.82) is 0 Å². The van der Waals surface area contributed by atoms with Gasteiger partial charge in [0, 0.05) is 24.9 Å². The average Bonchev–Trinajstić information content (AvgIpc) is 3.65. The van der Waals surface area contributed by atoms with E-state index in [1.807, 2.05) is 30.3 Å². The molecule has 5 rings (SSSR count). The SMILES string of the molecule is O=C(N[C@H](CCC(OC1CCCC1)S(=O)(=O)c1ccc2nccnc2c1)Cc1ccccc1)O[C@H]1CCOC1. The maximum Gasteiger partial charge on any atom is 0.407 e. The molecule has 1 aliphatic heterocycles.